The summed E-state index contributed by atoms with van der Waals surface area (Å²) in [5.74, 6) is 0. The molecule has 3 aromatic heterocycles. The lowest BCUT2D eigenvalue weighted by Crippen LogP contribution is -2.04. The van der Waals surface area contributed by atoms with E-state index in [0.717, 1.165) is 57.9 Å². The predicted molar refractivity (Wildman–Crippen MR) is 174 cm³/mol. The number of hydrogen-bond donors (Lipinski definition) is 0. The van der Waals surface area contributed by atoms with E-state index in [-0.39, 0.29) is 0 Å². The summed E-state index contributed by atoms with van der Waals surface area (Å²) < 4.78 is 0. The molecule has 0 spiro atoms. The summed E-state index contributed by atoms with van der Waals surface area (Å²) in [4.78, 5) is 18.4. The molecule has 4 heterocycles. The van der Waals surface area contributed by atoms with Crippen LogP contribution in [0.1, 0.15) is 18.5 Å². The standard InChI is InChI=1S/C38H26N4/c1-2-8-30-29(7-1)33-21-25(27-13-17-37(41-23-27)35-9-3-5-19-39-35)11-15-31(33)32-16-12-26(22-34(30)32)28-14-18-38(42-24-28)36-10-4-6-20-40-36/h1-3,5-9,11-24H,4,10H2. The molecule has 0 unspecified atom stereocenters. The highest BCUT2D eigenvalue weighted by molar-refractivity contribution is 6.26. The molecule has 1 aliphatic heterocycles. The lowest BCUT2D eigenvalue weighted by Gasteiger charge is -2.14. The Hall–Kier alpha value is -5.48. The summed E-state index contributed by atoms with van der Waals surface area (Å²) in [5, 5.41) is 7.47. The number of aliphatic imine (C=N–C) groups is 1. The maximum absolute atomic E-state index is 4.76. The van der Waals surface area contributed by atoms with Gasteiger partial charge in [0.2, 0.25) is 0 Å². The first kappa shape index (κ1) is 24.3. The van der Waals surface area contributed by atoms with Gasteiger partial charge in [-0.25, -0.2) is 0 Å². The highest BCUT2D eigenvalue weighted by Crippen LogP contribution is 2.39. The number of aromatic nitrogens is 3. The Balaban J connectivity index is 1.22. The Morgan fingerprint density at radius 2 is 1.02 bits per heavy atom. The van der Waals surface area contributed by atoms with E-state index >= 15 is 0 Å². The van der Waals surface area contributed by atoms with Gasteiger partial charge in [0.1, 0.15) is 0 Å². The van der Waals surface area contributed by atoms with E-state index in [1.54, 1.807) is 6.20 Å². The average Bonchev–Trinajstić information content (AvgIpc) is 3.09. The summed E-state index contributed by atoms with van der Waals surface area (Å²) in [7, 11) is 0. The van der Waals surface area contributed by atoms with Crippen molar-refractivity contribution in [3.05, 3.63) is 140 Å². The SMILES string of the molecule is C1=CN=C(c2ccc(-c3ccc4c5ccc(-c6ccc(-c7ccccn7)nc6)cc5c5ccccc5c4c3)cn2)CC1. The molecule has 7 aromatic rings. The first-order chi connectivity index (χ1) is 20.8. The smallest absolute Gasteiger partial charge is 0.0886 e. The summed E-state index contributed by atoms with van der Waals surface area (Å²) in [6.07, 6.45) is 11.6. The van der Waals surface area contributed by atoms with Crippen molar-refractivity contribution >= 4 is 38.0 Å². The van der Waals surface area contributed by atoms with Crippen molar-refractivity contribution in [2.24, 2.45) is 4.99 Å². The zero-order valence-corrected chi connectivity index (χ0v) is 22.9. The molecule has 0 atom stereocenters. The number of hydrogen-bond acceptors (Lipinski definition) is 4. The molecule has 0 saturated carbocycles. The van der Waals surface area contributed by atoms with Crippen LogP contribution < -0.4 is 0 Å². The van der Waals surface area contributed by atoms with Crippen molar-refractivity contribution in [3.63, 3.8) is 0 Å². The van der Waals surface area contributed by atoms with Crippen molar-refractivity contribution in [3.8, 4) is 33.6 Å². The molecule has 0 radical (unpaired) electrons. The lowest BCUT2D eigenvalue weighted by atomic mass is 9.90. The van der Waals surface area contributed by atoms with Crippen molar-refractivity contribution in [2.45, 2.75) is 12.8 Å². The molecule has 0 bridgehead atoms. The number of allylic oxidation sites excluding steroid dienone is 1. The van der Waals surface area contributed by atoms with Gasteiger partial charge in [0.15, 0.2) is 0 Å². The predicted octanol–water partition coefficient (Wildman–Crippen LogP) is 9.43. The molecule has 0 aliphatic carbocycles. The second kappa shape index (κ2) is 10.2. The largest absolute Gasteiger partial charge is 0.259 e. The molecule has 4 nitrogen and oxygen atoms in total. The van der Waals surface area contributed by atoms with Gasteiger partial charge >= 0.3 is 0 Å². The minimum atomic E-state index is 0.872. The van der Waals surface area contributed by atoms with E-state index in [2.05, 4.69) is 94.9 Å². The Morgan fingerprint density at radius 3 is 1.57 bits per heavy atom. The minimum Gasteiger partial charge on any atom is -0.259 e. The highest BCUT2D eigenvalue weighted by atomic mass is 14.8. The molecule has 0 amide bonds. The van der Waals surface area contributed by atoms with Gasteiger partial charge in [-0.2, -0.15) is 0 Å². The molecule has 42 heavy (non-hydrogen) atoms. The van der Waals surface area contributed by atoms with E-state index in [0.29, 0.717) is 0 Å². The molecule has 198 valence electrons. The Kier molecular flexibility index (Phi) is 5.89. The van der Waals surface area contributed by atoms with Crippen molar-refractivity contribution < 1.29 is 0 Å². The van der Waals surface area contributed by atoms with E-state index in [1.807, 2.05) is 42.9 Å². The van der Waals surface area contributed by atoms with Crippen LogP contribution >= 0.6 is 0 Å². The van der Waals surface area contributed by atoms with E-state index in [4.69, 9.17) is 9.97 Å². The number of pyridine rings is 3. The maximum Gasteiger partial charge on any atom is 0.0886 e. The highest BCUT2D eigenvalue weighted by Gasteiger charge is 2.13. The van der Waals surface area contributed by atoms with Crippen LogP contribution in [0.25, 0.3) is 66.0 Å². The monoisotopic (exact) mass is 538 g/mol. The summed E-state index contributed by atoms with van der Waals surface area (Å²) >= 11 is 0. The molecule has 1 aliphatic rings. The van der Waals surface area contributed by atoms with Crippen LogP contribution in [-0.2, 0) is 0 Å². The van der Waals surface area contributed by atoms with E-state index < -0.39 is 0 Å². The number of nitrogens with zero attached hydrogens (tertiary/aromatic N) is 4. The summed E-state index contributed by atoms with van der Waals surface area (Å²) in [5.41, 5.74) is 8.26. The van der Waals surface area contributed by atoms with Crippen LogP contribution in [0.2, 0.25) is 0 Å². The third-order valence-electron chi connectivity index (χ3n) is 8.14. The van der Waals surface area contributed by atoms with Gasteiger partial charge in [0, 0.05) is 35.9 Å². The van der Waals surface area contributed by atoms with Gasteiger partial charge in [0.25, 0.3) is 0 Å². The minimum absolute atomic E-state index is 0.872. The second-order valence-electron chi connectivity index (χ2n) is 10.6. The number of rotatable bonds is 4. The van der Waals surface area contributed by atoms with Crippen LogP contribution in [0.5, 0.6) is 0 Å². The molecule has 4 heteroatoms. The molecular weight excluding hydrogens is 512 g/mol. The topological polar surface area (TPSA) is 51.0 Å². The fourth-order valence-corrected chi connectivity index (χ4v) is 5.98. The Morgan fingerprint density at radius 1 is 0.452 bits per heavy atom. The van der Waals surface area contributed by atoms with Gasteiger partial charge in [-0.15, -0.1) is 0 Å². The summed E-state index contributed by atoms with van der Waals surface area (Å²) in [6.45, 7) is 0. The van der Waals surface area contributed by atoms with Crippen molar-refractivity contribution in [1.82, 2.24) is 15.0 Å². The molecule has 0 N–H and O–H groups in total. The second-order valence-corrected chi connectivity index (χ2v) is 10.6. The maximum atomic E-state index is 4.76. The van der Waals surface area contributed by atoms with Crippen LogP contribution in [0, 0.1) is 0 Å². The first-order valence-corrected chi connectivity index (χ1v) is 14.3. The zero-order chi connectivity index (χ0) is 27.9. The zero-order valence-electron chi connectivity index (χ0n) is 22.9. The van der Waals surface area contributed by atoms with Crippen molar-refractivity contribution in [1.29, 1.82) is 0 Å². The van der Waals surface area contributed by atoms with Crippen LogP contribution in [0.4, 0.5) is 0 Å². The molecule has 0 saturated heterocycles. The van der Waals surface area contributed by atoms with Crippen LogP contribution in [0.3, 0.4) is 0 Å². The van der Waals surface area contributed by atoms with E-state index in [9.17, 15) is 0 Å². The Labute approximate surface area is 243 Å². The molecule has 8 rings (SSSR count). The van der Waals surface area contributed by atoms with Crippen LogP contribution in [-0.4, -0.2) is 20.7 Å². The Bertz CT molecular complexity index is 2140. The fraction of sp³-hybridized carbons (Fsp3) is 0.0526. The normalized spacial score (nSPS) is 13.1. The lowest BCUT2D eigenvalue weighted by molar-refractivity contribution is 1.05. The van der Waals surface area contributed by atoms with Crippen LogP contribution in [0.15, 0.2) is 139 Å². The van der Waals surface area contributed by atoms with Gasteiger partial charge in [0.05, 0.1) is 22.8 Å². The van der Waals surface area contributed by atoms with Gasteiger partial charge in [-0.05, 0) is 92.7 Å². The third kappa shape index (κ3) is 4.25. The number of benzene rings is 4. The number of fused-ring (bicyclic) bond motifs is 6. The third-order valence-corrected chi connectivity index (χ3v) is 8.14. The summed E-state index contributed by atoms with van der Waals surface area (Å²) in [6, 6.07) is 36.5. The molecular formula is C38H26N4. The van der Waals surface area contributed by atoms with Gasteiger partial charge < -0.3 is 0 Å². The quantitative estimate of drug-likeness (QED) is 0.210. The average molecular weight is 539 g/mol. The molecule has 0 fully saturated rings. The van der Waals surface area contributed by atoms with Gasteiger partial charge in [-0.3, -0.25) is 19.9 Å². The fourth-order valence-electron chi connectivity index (χ4n) is 5.98. The first-order valence-electron chi connectivity index (χ1n) is 14.3. The van der Waals surface area contributed by atoms with Crippen molar-refractivity contribution in [2.75, 3.05) is 0 Å². The molecule has 4 aromatic carbocycles. The van der Waals surface area contributed by atoms with E-state index in [1.165, 1.54) is 32.3 Å². The van der Waals surface area contributed by atoms with Gasteiger partial charge in [-0.1, -0.05) is 72.8 Å².